The van der Waals surface area contributed by atoms with E-state index in [9.17, 15) is 4.79 Å². The van der Waals surface area contributed by atoms with Crippen LogP contribution in [-0.4, -0.2) is 27.8 Å². The predicted octanol–water partition coefficient (Wildman–Crippen LogP) is 3.35. The molecule has 1 aliphatic rings. The van der Waals surface area contributed by atoms with E-state index in [1.807, 2.05) is 30.3 Å². The molecule has 6 nitrogen and oxygen atoms in total. The molecule has 0 radical (unpaired) electrons. The van der Waals surface area contributed by atoms with Gasteiger partial charge in [0, 0.05) is 5.69 Å². The van der Waals surface area contributed by atoms with Gasteiger partial charge in [0.05, 0.1) is 23.2 Å². The van der Waals surface area contributed by atoms with Crippen molar-refractivity contribution in [3.05, 3.63) is 71.3 Å². The number of halogens is 1. The van der Waals surface area contributed by atoms with Gasteiger partial charge in [-0.1, -0.05) is 23.7 Å². The summed E-state index contributed by atoms with van der Waals surface area (Å²) in [5.74, 6) is 0.613. The molecule has 26 heavy (non-hydrogen) atoms. The van der Waals surface area contributed by atoms with Crippen molar-refractivity contribution >= 4 is 17.5 Å². The monoisotopic (exact) mass is 368 g/mol. The fraction of sp³-hybridized carbons (Fsp3) is 0.211. The van der Waals surface area contributed by atoms with Crippen LogP contribution in [0.25, 0.3) is 5.69 Å². The second-order valence-electron chi connectivity index (χ2n) is 6.30. The molecule has 1 saturated carbocycles. The summed E-state index contributed by atoms with van der Waals surface area (Å²) >= 11 is 6.34. The number of carbonyl (C=O) groups is 1. The maximum Gasteiger partial charge on any atom is 0.253 e. The number of nitrogens with one attached hydrogen (secondary N) is 1. The summed E-state index contributed by atoms with van der Waals surface area (Å²) in [7, 11) is 1.63. The quantitative estimate of drug-likeness (QED) is 0.749. The molecule has 3 aromatic rings. The van der Waals surface area contributed by atoms with Gasteiger partial charge in [-0.05, 0) is 48.7 Å². The number of hydrogen-bond acceptors (Lipinski definition) is 4. The molecule has 1 aliphatic carbocycles. The molecule has 1 amide bonds. The number of aromatic nitrogens is 3. The van der Waals surface area contributed by atoms with Gasteiger partial charge in [0.1, 0.15) is 18.4 Å². The van der Waals surface area contributed by atoms with Crippen molar-refractivity contribution in [3.63, 3.8) is 0 Å². The fourth-order valence-electron chi connectivity index (χ4n) is 2.99. The Morgan fingerprint density at radius 1 is 1.15 bits per heavy atom. The number of nitrogens with zero attached hydrogens (tertiary/aromatic N) is 3. The number of amides is 1. The van der Waals surface area contributed by atoms with Gasteiger partial charge in [-0.3, -0.25) is 9.36 Å². The van der Waals surface area contributed by atoms with Crippen molar-refractivity contribution < 1.29 is 9.53 Å². The first-order chi connectivity index (χ1) is 12.6. The Hall–Kier alpha value is -2.86. The average molecular weight is 369 g/mol. The van der Waals surface area contributed by atoms with Crippen LogP contribution in [0.2, 0.25) is 5.02 Å². The Balaban J connectivity index is 1.54. The zero-order chi connectivity index (χ0) is 18.1. The Morgan fingerprint density at radius 2 is 1.85 bits per heavy atom. The van der Waals surface area contributed by atoms with Crippen LogP contribution < -0.4 is 10.1 Å². The molecule has 2 aromatic carbocycles. The third-order valence-electron chi connectivity index (χ3n) is 4.66. The predicted molar refractivity (Wildman–Crippen MR) is 97.7 cm³/mol. The van der Waals surface area contributed by atoms with Crippen LogP contribution in [-0.2, 0) is 5.54 Å². The maximum absolute atomic E-state index is 12.8. The van der Waals surface area contributed by atoms with E-state index in [1.54, 1.807) is 36.5 Å². The first kappa shape index (κ1) is 16.6. The summed E-state index contributed by atoms with van der Waals surface area (Å²) in [4.78, 5) is 12.8. The maximum atomic E-state index is 12.8. The molecule has 0 bridgehead atoms. The molecular formula is C19H17ClN4O2. The highest BCUT2D eigenvalue weighted by atomic mass is 35.5. The van der Waals surface area contributed by atoms with Crippen LogP contribution in [0.1, 0.15) is 28.8 Å². The normalized spacial score (nSPS) is 14.7. The lowest BCUT2D eigenvalue weighted by molar-refractivity contribution is 0.0931. The molecule has 1 aromatic heterocycles. The second-order valence-corrected chi connectivity index (χ2v) is 6.71. The lowest BCUT2D eigenvalue weighted by Gasteiger charge is -2.19. The van der Waals surface area contributed by atoms with Crippen LogP contribution in [0.5, 0.6) is 5.75 Å². The van der Waals surface area contributed by atoms with E-state index < -0.39 is 0 Å². The second kappa shape index (κ2) is 6.46. The summed E-state index contributed by atoms with van der Waals surface area (Å²) in [6, 6.07) is 13.1. The van der Waals surface area contributed by atoms with Crippen LogP contribution in [0, 0.1) is 0 Å². The lowest BCUT2D eigenvalue weighted by Crippen LogP contribution is -2.35. The Kier molecular flexibility index (Phi) is 4.12. The molecule has 7 heteroatoms. The smallest absolute Gasteiger partial charge is 0.253 e. The summed E-state index contributed by atoms with van der Waals surface area (Å²) in [5, 5.41) is 11.1. The molecule has 0 saturated heterocycles. The zero-order valence-corrected chi connectivity index (χ0v) is 14.9. The van der Waals surface area contributed by atoms with Crippen molar-refractivity contribution in [1.82, 2.24) is 20.1 Å². The molecule has 0 aliphatic heterocycles. The van der Waals surface area contributed by atoms with Crippen LogP contribution in [0.3, 0.4) is 0 Å². The molecular weight excluding hydrogens is 352 g/mol. The number of rotatable bonds is 5. The Bertz CT molecular complexity index is 935. The van der Waals surface area contributed by atoms with E-state index in [0.717, 1.165) is 29.8 Å². The van der Waals surface area contributed by atoms with Crippen molar-refractivity contribution in [2.45, 2.75) is 18.4 Å². The molecule has 4 rings (SSSR count). The number of carbonyl (C=O) groups excluding carboxylic acids is 1. The number of methoxy groups -OCH3 is 1. The summed E-state index contributed by atoms with van der Waals surface area (Å²) in [5.41, 5.74) is 2.00. The van der Waals surface area contributed by atoms with Crippen molar-refractivity contribution in [3.8, 4) is 11.4 Å². The summed E-state index contributed by atoms with van der Waals surface area (Å²) in [6.07, 6.45) is 4.96. The van der Waals surface area contributed by atoms with Gasteiger partial charge in [0.2, 0.25) is 0 Å². The van der Waals surface area contributed by atoms with Crippen LogP contribution >= 0.6 is 11.6 Å². The molecule has 1 heterocycles. The molecule has 0 spiro atoms. The minimum atomic E-state index is -0.320. The van der Waals surface area contributed by atoms with Crippen LogP contribution in [0.15, 0.2) is 55.1 Å². The number of hydrogen-bond donors (Lipinski definition) is 1. The molecule has 1 fully saturated rings. The van der Waals surface area contributed by atoms with Gasteiger partial charge in [-0.25, -0.2) is 0 Å². The van der Waals surface area contributed by atoms with Gasteiger partial charge in [0.15, 0.2) is 0 Å². The van der Waals surface area contributed by atoms with E-state index in [1.165, 1.54) is 0 Å². The van der Waals surface area contributed by atoms with E-state index in [0.29, 0.717) is 10.6 Å². The molecule has 0 unspecified atom stereocenters. The number of ether oxygens (including phenoxy) is 1. The standard InChI is InChI=1S/C19H17ClN4O2/c1-26-15-5-2-13(3-6-15)19(8-9-19)23-18(25)16-7-4-14(10-17(16)20)24-11-21-22-12-24/h2-7,10-12H,8-9H2,1H3,(H,23,25). The Labute approximate surface area is 155 Å². The van der Waals surface area contributed by atoms with Crippen molar-refractivity contribution in [1.29, 1.82) is 0 Å². The minimum Gasteiger partial charge on any atom is -0.497 e. The van der Waals surface area contributed by atoms with Gasteiger partial charge < -0.3 is 10.1 Å². The molecule has 132 valence electrons. The first-order valence-corrected chi connectivity index (χ1v) is 8.61. The highest BCUT2D eigenvalue weighted by molar-refractivity contribution is 6.34. The topological polar surface area (TPSA) is 69.0 Å². The average Bonchev–Trinajstić information content (AvgIpc) is 3.22. The largest absolute Gasteiger partial charge is 0.497 e. The third-order valence-corrected chi connectivity index (χ3v) is 4.97. The zero-order valence-electron chi connectivity index (χ0n) is 14.1. The van der Waals surface area contributed by atoms with Gasteiger partial charge >= 0.3 is 0 Å². The van der Waals surface area contributed by atoms with E-state index in [-0.39, 0.29) is 11.4 Å². The highest BCUT2D eigenvalue weighted by Gasteiger charge is 2.45. The summed E-state index contributed by atoms with van der Waals surface area (Å²) < 4.78 is 6.92. The summed E-state index contributed by atoms with van der Waals surface area (Å²) in [6.45, 7) is 0. The van der Waals surface area contributed by atoms with E-state index in [4.69, 9.17) is 16.3 Å². The lowest BCUT2D eigenvalue weighted by atomic mass is 10.0. The molecule has 0 atom stereocenters. The third kappa shape index (κ3) is 3.04. The molecule has 1 N–H and O–H groups in total. The fourth-order valence-corrected chi connectivity index (χ4v) is 3.25. The van der Waals surface area contributed by atoms with Crippen molar-refractivity contribution in [2.24, 2.45) is 0 Å². The number of benzene rings is 2. The van der Waals surface area contributed by atoms with E-state index >= 15 is 0 Å². The van der Waals surface area contributed by atoms with Crippen LogP contribution in [0.4, 0.5) is 0 Å². The first-order valence-electron chi connectivity index (χ1n) is 8.23. The van der Waals surface area contributed by atoms with Gasteiger partial charge in [-0.2, -0.15) is 0 Å². The SMILES string of the molecule is COc1ccc(C2(NC(=O)c3ccc(-n4cnnc4)cc3Cl)CC2)cc1. The minimum absolute atomic E-state index is 0.182. The van der Waals surface area contributed by atoms with Crippen molar-refractivity contribution in [2.75, 3.05) is 7.11 Å². The van der Waals surface area contributed by atoms with Gasteiger partial charge in [0.25, 0.3) is 5.91 Å². The van der Waals surface area contributed by atoms with E-state index in [2.05, 4.69) is 15.5 Å². The highest BCUT2D eigenvalue weighted by Crippen LogP contribution is 2.46. The van der Waals surface area contributed by atoms with Gasteiger partial charge in [-0.15, -0.1) is 10.2 Å². The Morgan fingerprint density at radius 3 is 2.42 bits per heavy atom.